The summed E-state index contributed by atoms with van der Waals surface area (Å²) in [5.41, 5.74) is 0. The minimum absolute atomic E-state index is 0.00837. The topological polar surface area (TPSA) is 95.9 Å². The molecule has 1 amide bonds. The molecule has 0 fully saturated rings. The number of aliphatic hydroxyl groups is 2. The molecule has 0 aromatic heterocycles. The Labute approximate surface area is 397 Å². The Bertz CT molecular complexity index is 1080. The second-order valence-corrected chi connectivity index (χ2v) is 18.9. The third-order valence-corrected chi connectivity index (χ3v) is 12.6. The minimum Gasteiger partial charge on any atom is -0.466 e. The zero-order valence-corrected chi connectivity index (χ0v) is 42.5. The van der Waals surface area contributed by atoms with Gasteiger partial charge in [-0.1, -0.05) is 236 Å². The standard InChI is InChI=1S/C58H107NO5/c1-3-5-7-9-11-13-15-16-29-32-36-40-44-48-52-58(63)64-53-49-45-41-37-33-30-27-25-23-21-19-17-18-20-22-24-26-28-31-35-39-43-47-51-57(62)59-55(54-60)56(61)50-46-42-38-34-14-12-10-8-6-4-2/h9,11,15-17,19-20,22,55-56,60-61H,3-8,10,12-14,18,21,23-54H2,1-2H3,(H,59,62)/b11-9-,16-15-,19-17-,22-20-. The fourth-order valence-electron chi connectivity index (χ4n) is 8.27. The van der Waals surface area contributed by atoms with Gasteiger partial charge in [-0.05, 0) is 83.5 Å². The van der Waals surface area contributed by atoms with Crippen LogP contribution in [-0.2, 0) is 14.3 Å². The van der Waals surface area contributed by atoms with Crippen LogP contribution < -0.4 is 5.32 Å². The largest absolute Gasteiger partial charge is 0.466 e. The number of ether oxygens (including phenoxy) is 1. The lowest BCUT2D eigenvalue weighted by atomic mass is 10.0. The number of carbonyl (C=O) groups is 2. The van der Waals surface area contributed by atoms with Crippen molar-refractivity contribution in [3.63, 3.8) is 0 Å². The molecule has 0 aromatic rings. The highest BCUT2D eigenvalue weighted by molar-refractivity contribution is 5.76. The number of allylic oxidation sites excluding steroid dienone is 8. The predicted octanol–water partition coefficient (Wildman–Crippen LogP) is 17.0. The molecule has 6 nitrogen and oxygen atoms in total. The lowest BCUT2D eigenvalue weighted by molar-refractivity contribution is -0.143. The second-order valence-electron chi connectivity index (χ2n) is 18.9. The Hall–Kier alpha value is -2.18. The molecule has 6 heteroatoms. The first-order valence-electron chi connectivity index (χ1n) is 27.9. The smallest absolute Gasteiger partial charge is 0.305 e. The first kappa shape index (κ1) is 61.8. The first-order valence-corrected chi connectivity index (χ1v) is 27.9. The van der Waals surface area contributed by atoms with Gasteiger partial charge >= 0.3 is 5.97 Å². The monoisotopic (exact) mass is 898 g/mol. The van der Waals surface area contributed by atoms with Crippen LogP contribution in [0.15, 0.2) is 48.6 Å². The molecule has 0 aliphatic rings. The van der Waals surface area contributed by atoms with Crippen LogP contribution in [0.5, 0.6) is 0 Å². The van der Waals surface area contributed by atoms with Crippen LogP contribution in [0.3, 0.4) is 0 Å². The summed E-state index contributed by atoms with van der Waals surface area (Å²) in [5, 5.41) is 23.1. The number of hydrogen-bond donors (Lipinski definition) is 3. The van der Waals surface area contributed by atoms with Gasteiger partial charge in [-0.2, -0.15) is 0 Å². The third-order valence-electron chi connectivity index (χ3n) is 12.6. The maximum atomic E-state index is 12.4. The molecule has 3 N–H and O–H groups in total. The summed E-state index contributed by atoms with van der Waals surface area (Å²) in [5.74, 6) is -0.0565. The normalized spacial score (nSPS) is 13.0. The van der Waals surface area contributed by atoms with Crippen LogP contribution in [-0.4, -0.2) is 47.4 Å². The summed E-state index contributed by atoms with van der Waals surface area (Å²) < 4.78 is 5.46. The van der Waals surface area contributed by atoms with Crippen molar-refractivity contribution in [1.82, 2.24) is 5.32 Å². The molecule has 0 spiro atoms. The SMILES string of the molecule is CCCC/C=C\C/C=C\CCCCCCCC(=O)OCCCCCCCCCCC/C=C\C/C=C\CCCCCCCCCC(=O)NC(CO)C(O)CCCCCCCCCCCC. The number of aliphatic hydroxyl groups excluding tert-OH is 2. The number of unbranched alkanes of at least 4 members (excludes halogenated alkanes) is 32. The van der Waals surface area contributed by atoms with Gasteiger partial charge in [0.2, 0.25) is 5.91 Å². The molecule has 374 valence electrons. The van der Waals surface area contributed by atoms with Gasteiger partial charge < -0.3 is 20.3 Å². The van der Waals surface area contributed by atoms with Crippen molar-refractivity contribution in [3.05, 3.63) is 48.6 Å². The van der Waals surface area contributed by atoms with E-state index >= 15 is 0 Å². The van der Waals surface area contributed by atoms with Crippen molar-refractivity contribution in [2.24, 2.45) is 0 Å². The van der Waals surface area contributed by atoms with Crippen LogP contribution in [0.4, 0.5) is 0 Å². The Morgan fingerprint density at radius 3 is 1.23 bits per heavy atom. The second kappa shape index (κ2) is 53.4. The molecular formula is C58H107NO5. The van der Waals surface area contributed by atoms with Crippen LogP contribution in [0.25, 0.3) is 0 Å². The summed E-state index contributed by atoms with van der Waals surface area (Å²) in [6.07, 6.45) is 66.7. The van der Waals surface area contributed by atoms with Gasteiger partial charge in [0.05, 0.1) is 25.4 Å². The van der Waals surface area contributed by atoms with Gasteiger partial charge in [0, 0.05) is 12.8 Å². The molecule has 0 aromatic carbocycles. The number of amides is 1. The van der Waals surface area contributed by atoms with Crippen molar-refractivity contribution >= 4 is 11.9 Å². The average molecular weight is 898 g/mol. The molecule has 0 heterocycles. The zero-order valence-electron chi connectivity index (χ0n) is 42.5. The zero-order chi connectivity index (χ0) is 46.5. The molecule has 2 unspecified atom stereocenters. The number of hydrogen-bond acceptors (Lipinski definition) is 5. The van der Waals surface area contributed by atoms with Crippen LogP contribution in [0.1, 0.15) is 284 Å². The van der Waals surface area contributed by atoms with E-state index in [-0.39, 0.29) is 18.5 Å². The van der Waals surface area contributed by atoms with E-state index in [0.717, 1.165) is 70.6 Å². The van der Waals surface area contributed by atoms with Crippen molar-refractivity contribution in [1.29, 1.82) is 0 Å². The van der Waals surface area contributed by atoms with Gasteiger partial charge in [0.1, 0.15) is 0 Å². The van der Waals surface area contributed by atoms with Gasteiger partial charge in [0.15, 0.2) is 0 Å². The van der Waals surface area contributed by atoms with E-state index in [9.17, 15) is 19.8 Å². The fraction of sp³-hybridized carbons (Fsp3) is 0.828. The molecule has 0 saturated heterocycles. The predicted molar refractivity (Wildman–Crippen MR) is 278 cm³/mol. The fourth-order valence-corrected chi connectivity index (χ4v) is 8.27. The molecule has 0 aliphatic carbocycles. The van der Waals surface area contributed by atoms with Gasteiger partial charge in [0.25, 0.3) is 0 Å². The minimum atomic E-state index is -0.670. The Balaban J connectivity index is 3.45. The molecule has 64 heavy (non-hydrogen) atoms. The summed E-state index contributed by atoms with van der Waals surface area (Å²) in [6.45, 7) is 4.88. The molecule has 2 atom stereocenters. The Kier molecular flexibility index (Phi) is 51.6. The maximum absolute atomic E-state index is 12.4. The van der Waals surface area contributed by atoms with E-state index in [1.807, 2.05) is 0 Å². The molecule has 0 saturated carbocycles. The lowest BCUT2D eigenvalue weighted by Crippen LogP contribution is -2.45. The average Bonchev–Trinajstić information content (AvgIpc) is 3.29. The highest BCUT2D eigenvalue weighted by Crippen LogP contribution is 2.16. The third kappa shape index (κ3) is 49.3. The highest BCUT2D eigenvalue weighted by Gasteiger charge is 2.20. The molecular weight excluding hydrogens is 791 g/mol. The van der Waals surface area contributed by atoms with Gasteiger partial charge in [-0.15, -0.1) is 0 Å². The molecule has 0 aliphatic heterocycles. The number of esters is 1. The summed E-state index contributed by atoms with van der Waals surface area (Å²) in [7, 11) is 0. The van der Waals surface area contributed by atoms with Crippen LogP contribution >= 0.6 is 0 Å². The Morgan fingerprint density at radius 1 is 0.438 bits per heavy atom. The van der Waals surface area contributed by atoms with Gasteiger partial charge in [-0.3, -0.25) is 9.59 Å². The number of carbonyl (C=O) groups excluding carboxylic acids is 2. The van der Waals surface area contributed by atoms with E-state index < -0.39 is 12.1 Å². The van der Waals surface area contributed by atoms with Crippen molar-refractivity contribution in [2.45, 2.75) is 296 Å². The summed E-state index contributed by atoms with van der Waals surface area (Å²) in [4.78, 5) is 24.4. The summed E-state index contributed by atoms with van der Waals surface area (Å²) >= 11 is 0. The van der Waals surface area contributed by atoms with Crippen LogP contribution in [0.2, 0.25) is 0 Å². The molecule has 0 rings (SSSR count). The van der Waals surface area contributed by atoms with E-state index in [2.05, 4.69) is 67.8 Å². The van der Waals surface area contributed by atoms with Crippen molar-refractivity contribution < 1.29 is 24.5 Å². The first-order chi connectivity index (χ1) is 31.5. The van der Waals surface area contributed by atoms with Crippen LogP contribution in [0, 0.1) is 0 Å². The van der Waals surface area contributed by atoms with E-state index in [0.29, 0.717) is 25.9 Å². The number of nitrogens with one attached hydrogen (secondary N) is 1. The number of rotatable bonds is 51. The van der Waals surface area contributed by atoms with Gasteiger partial charge in [-0.25, -0.2) is 0 Å². The van der Waals surface area contributed by atoms with Crippen molar-refractivity contribution in [2.75, 3.05) is 13.2 Å². The maximum Gasteiger partial charge on any atom is 0.305 e. The molecule has 0 radical (unpaired) electrons. The van der Waals surface area contributed by atoms with E-state index in [1.54, 1.807) is 0 Å². The Morgan fingerprint density at radius 2 is 0.797 bits per heavy atom. The highest BCUT2D eigenvalue weighted by atomic mass is 16.5. The lowest BCUT2D eigenvalue weighted by Gasteiger charge is -2.22. The van der Waals surface area contributed by atoms with Crippen molar-refractivity contribution in [3.8, 4) is 0 Å². The molecule has 0 bridgehead atoms. The van der Waals surface area contributed by atoms with E-state index in [1.165, 1.54) is 180 Å². The quantitative estimate of drug-likeness (QED) is 0.0321. The van der Waals surface area contributed by atoms with E-state index in [4.69, 9.17) is 4.74 Å². The summed E-state index contributed by atoms with van der Waals surface area (Å²) in [6, 6.07) is -0.548.